The highest BCUT2D eigenvalue weighted by molar-refractivity contribution is 7.09. The number of aromatic nitrogens is 1. The number of esters is 1. The van der Waals surface area contributed by atoms with E-state index in [4.69, 9.17) is 9.47 Å². The first-order valence-corrected chi connectivity index (χ1v) is 13.5. The molecular weight excluding hydrogens is 466 g/mol. The third-order valence-electron chi connectivity index (χ3n) is 6.17. The second-order valence-electron chi connectivity index (χ2n) is 8.90. The fourth-order valence-electron chi connectivity index (χ4n) is 4.24. The van der Waals surface area contributed by atoms with Crippen LogP contribution < -0.4 is 4.74 Å². The number of carbonyl (C=O) groups is 1. The van der Waals surface area contributed by atoms with Gasteiger partial charge >= 0.3 is 5.97 Å². The minimum Gasteiger partial charge on any atom is -0.489 e. The number of carbonyl (C=O) groups excluding carboxylic acids is 1. The molecule has 0 spiro atoms. The molecule has 3 aromatic carbocycles. The highest BCUT2D eigenvalue weighted by atomic mass is 32.1. The molecule has 0 bridgehead atoms. The Kier molecular flexibility index (Phi) is 9.28. The smallest absolute Gasteiger partial charge is 0.338 e. The molecule has 186 valence electrons. The summed E-state index contributed by atoms with van der Waals surface area (Å²) in [5.74, 6) is 1.14. The average molecular weight is 500 g/mol. The van der Waals surface area contributed by atoms with Crippen LogP contribution in [0.1, 0.15) is 71.9 Å². The summed E-state index contributed by atoms with van der Waals surface area (Å²) < 4.78 is 11.4. The van der Waals surface area contributed by atoms with E-state index in [0.717, 1.165) is 22.0 Å². The number of nitrogens with zero attached hydrogens (tertiary/aromatic N) is 1. The number of hydrogen-bond donors (Lipinski definition) is 0. The monoisotopic (exact) mass is 499 g/mol. The molecule has 0 fully saturated rings. The van der Waals surface area contributed by atoms with Crippen LogP contribution in [0, 0.1) is 0 Å². The van der Waals surface area contributed by atoms with Crippen LogP contribution in [0.2, 0.25) is 0 Å². The van der Waals surface area contributed by atoms with Crippen molar-refractivity contribution < 1.29 is 14.3 Å². The van der Waals surface area contributed by atoms with Crippen LogP contribution in [0.5, 0.6) is 5.75 Å². The molecule has 4 nitrogen and oxygen atoms in total. The van der Waals surface area contributed by atoms with Crippen molar-refractivity contribution in [3.63, 3.8) is 0 Å². The molecule has 0 N–H and O–H groups in total. The van der Waals surface area contributed by atoms with E-state index in [9.17, 15) is 4.79 Å². The van der Waals surface area contributed by atoms with Crippen molar-refractivity contribution in [2.45, 2.75) is 58.7 Å². The number of hydrogen-bond acceptors (Lipinski definition) is 5. The molecule has 0 amide bonds. The number of rotatable bonds is 12. The highest BCUT2D eigenvalue weighted by Gasteiger charge is 2.11. The summed E-state index contributed by atoms with van der Waals surface area (Å²) in [6.07, 6.45) is 4.93. The van der Waals surface area contributed by atoms with Gasteiger partial charge in [-0.2, -0.15) is 0 Å². The van der Waals surface area contributed by atoms with E-state index in [1.54, 1.807) is 12.1 Å². The number of ether oxygens (including phenoxy) is 2. The van der Waals surface area contributed by atoms with Gasteiger partial charge in [-0.15, -0.1) is 11.3 Å². The average Bonchev–Trinajstić information content (AvgIpc) is 3.41. The van der Waals surface area contributed by atoms with Gasteiger partial charge in [0, 0.05) is 10.9 Å². The Hall–Kier alpha value is -3.44. The van der Waals surface area contributed by atoms with Gasteiger partial charge in [-0.25, -0.2) is 9.78 Å². The lowest BCUT2D eigenvalue weighted by atomic mass is 9.90. The van der Waals surface area contributed by atoms with Gasteiger partial charge in [0.15, 0.2) is 0 Å². The van der Waals surface area contributed by atoms with Gasteiger partial charge < -0.3 is 9.47 Å². The Bertz CT molecular complexity index is 1210. The second-order valence-corrected chi connectivity index (χ2v) is 9.84. The maximum absolute atomic E-state index is 12.1. The van der Waals surface area contributed by atoms with Gasteiger partial charge in [0.05, 0.1) is 11.3 Å². The maximum atomic E-state index is 12.1. The second kappa shape index (κ2) is 13.0. The Morgan fingerprint density at radius 1 is 0.861 bits per heavy atom. The van der Waals surface area contributed by atoms with Gasteiger partial charge in [0.1, 0.15) is 24.0 Å². The van der Waals surface area contributed by atoms with Crippen molar-refractivity contribution >= 4 is 17.3 Å². The van der Waals surface area contributed by atoms with Crippen LogP contribution in [-0.4, -0.2) is 11.0 Å². The third-order valence-corrected chi connectivity index (χ3v) is 6.99. The molecule has 0 unspecified atom stereocenters. The minimum atomic E-state index is -0.342. The fourth-order valence-corrected chi connectivity index (χ4v) is 4.96. The van der Waals surface area contributed by atoms with E-state index in [-0.39, 0.29) is 12.6 Å². The third kappa shape index (κ3) is 7.05. The Morgan fingerprint density at radius 2 is 1.56 bits per heavy atom. The van der Waals surface area contributed by atoms with Gasteiger partial charge in [-0.1, -0.05) is 69.2 Å². The summed E-state index contributed by atoms with van der Waals surface area (Å²) in [7, 11) is 0. The van der Waals surface area contributed by atoms with Crippen molar-refractivity contribution in [2.24, 2.45) is 0 Å². The van der Waals surface area contributed by atoms with Crippen LogP contribution in [0.4, 0.5) is 0 Å². The van der Waals surface area contributed by atoms with Crippen LogP contribution in [0.3, 0.4) is 0 Å². The zero-order valence-electron chi connectivity index (χ0n) is 21.0. The molecule has 0 atom stereocenters. The number of benzene rings is 3. The van der Waals surface area contributed by atoms with Crippen molar-refractivity contribution in [1.29, 1.82) is 0 Å². The first kappa shape index (κ1) is 25.6. The minimum absolute atomic E-state index is 0.163. The normalized spacial score (nSPS) is 11.0. The predicted octanol–water partition coefficient (Wildman–Crippen LogP) is 8.43. The Balaban J connectivity index is 1.29. The summed E-state index contributed by atoms with van der Waals surface area (Å²) in [5, 5.41) is 2.74. The maximum Gasteiger partial charge on any atom is 0.338 e. The summed E-state index contributed by atoms with van der Waals surface area (Å²) in [6, 6.07) is 25.8. The molecule has 0 saturated heterocycles. The van der Waals surface area contributed by atoms with Crippen molar-refractivity contribution in [3.05, 3.63) is 106 Å². The van der Waals surface area contributed by atoms with Gasteiger partial charge in [-0.05, 0) is 66.3 Å². The molecule has 36 heavy (non-hydrogen) atoms. The summed E-state index contributed by atoms with van der Waals surface area (Å²) in [6.45, 7) is 5.22. The van der Waals surface area contributed by atoms with E-state index in [1.807, 2.05) is 47.8 Å². The highest BCUT2D eigenvalue weighted by Crippen LogP contribution is 2.28. The SMILES string of the molecule is CCCC(CCC)c1ccc(COc2ccc(-c3csc(COC(=O)c4ccccc4)n3)cc2)cc1. The quantitative estimate of drug-likeness (QED) is 0.184. The molecular formula is C31H33NO3S. The van der Waals surface area contributed by atoms with E-state index in [0.29, 0.717) is 18.1 Å². The summed E-state index contributed by atoms with van der Waals surface area (Å²) in [4.78, 5) is 16.8. The summed E-state index contributed by atoms with van der Waals surface area (Å²) >= 11 is 1.48. The zero-order valence-corrected chi connectivity index (χ0v) is 21.8. The molecule has 0 radical (unpaired) electrons. The molecule has 5 heteroatoms. The van der Waals surface area contributed by atoms with E-state index >= 15 is 0 Å². The first-order chi connectivity index (χ1) is 17.7. The molecule has 4 aromatic rings. The van der Waals surface area contributed by atoms with Gasteiger partial charge in [-0.3, -0.25) is 0 Å². The molecule has 1 aromatic heterocycles. The van der Waals surface area contributed by atoms with Crippen LogP contribution in [0.15, 0.2) is 84.2 Å². The van der Waals surface area contributed by atoms with Gasteiger partial charge in [0.25, 0.3) is 0 Å². The lowest BCUT2D eigenvalue weighted by Gasteiger charge is -2.16. The lowest BCUT2D eigenvalue weighted by Crippen LogP contribution is -2.04. The fraction of sp³-hybridized carbons (Fsp3) is 0.290. The molecule has 0 aliphatic rings. The Morgan fingerprint density at radius 3 is 2.22 bits per heavy atom. The number of thiazole rings is 1. The molecule has 0 saturated carbocycles. The van der Waals surface area contributed by atoms with E-state index in [2.05, 4.69) is 43.1 Å². The molecule has 4 rings (SSSR count). The van der Waals surface area contributed by atoms with Crippen LogP contribution >= 0.6 is 11.3 Å². The zero-order chi connectivity index (χ0) is 25.2. The molecule has 0 aliphatic heterocycles. The van der Waals surface area contributed by atoms with E-state index in [1.165, 1.54) is 48.1 Å². The predicted molar refractivity (Wildman–Crippen MR) is 146 cm³/mol. The van der Waals surface area contributed by atoms with Crippen molar-refractivity contribution in [2.75, 3.05) is 0 Å². The van der Waals surface area contributed by atoms with Crippen molar-refractivity contribution in [3.8, 4) is 17.0 Å². The van der Waals surface area contributed by atoms with Crippen LogP contribution in [0.25, 0.3) is 11.3 Å². The van der Waals surface area contributed by atoms with Crippen molar-refractivity contribution in [1.82, 2.24) is 4.98 Å². The molecule has 1 heterocycles. The Labute approximate surface area is 218 Å². The van der Waals surface area contributed by atoms with Gasteiger partial charge in [0.2, 0.25) is 0 Å². The largest absolute Gasteiger partial charge is 0.489 e. The van der Waals surface area contributed by atoms with E-state index < -0.39 is 0 Å². The molecule has 0 aliphatic carbocycles. The topological polar surface area (TPSA) is 48.4 Å². The van der Waals surface area contributed by atoms with Crippen LogP contribution in [-0.2, 0) is 18.0 Å². The first-order valence-electron chi connectivity index (χ1n) is 12.6. The standard InChI is InChI=1S/C31H33NO3S/c1-3-8-24(9-4-2)25-14-12-23(13-15-25)20-34-28-18-16-26(17-19-28)29-22-36-30(32-29)21-35-31(33)27-10-6-5-7-11-27/h5-7,10-19,22,24H,3-4,8-9,20-21H2,1-2H3. The lowest BCUT2D eigenvalue weighted by molar-refractivity contribution is 0.0472. The summed E-state index contributed by atoms with van der Waals surface area (Å²) in [5.41, 5.74) is 5.01.